The lowest BCUT2D eigenvalue weighted by atomic mass is 10.1. The second-order valence-electron chi connectivity index (χ2n) is 7.75. The summed E-state index contributed by atoms with van der Waals surface area (Å²) in [5.41, 5.74) is 0.726. The summed E-state index contributed by atoms with van der Waals surface area (Å²) in [5, 5.41) is 10.3. The smallest absolute Gasteiger partial charge is 0.331 e. The number of ether oxygens (including phenoxy) is 1. The Kier molecular flexibility index (Phi) is 4.85. The first-order valence-corrected chi connectivity index (χ1v) is 10.3. The van der Waals surface area contributed by atoms with Crippen LogP contribution in [0.4, 0.5) is 4.39 Å². The van der Waals surface area contributed by atoms with Gasteiger partial charge >= 0.3 is 5.69 Å². The first kappa shape index (κ1) is 20.7. The lowest BCUT2D eigenvalue weighted by Crippen LogP contribution is -2.37. The average Bonchev–Trinajstić information content (AvgIpc) is 3.37. The number of fused-ring (bicyclic) bond motifs is 3. The average molecular weight is 460 g/mol. The molecule has 2 atom stereocenters. The number of furan rings is 1. The molecule has 1 N–H and O–H groups in total. The Labute approximate surface area is 185 Å². The number of aromatic nitrogens is 3. The molecule has 0 bridgehead atoms. The molecule has 1 aliphatic rings. The largest absolute Gasteiger partial charge is 0.446 e. The summed E-state index contributed by atoms with van der Waals surface area (Å²) in [7, 11) is 2.96. The van der Waals surface area contributed by atoms with E-state index in [4.69, 9.17) is 20.8 Å². The van der Waals surface area contributed by atoms with Crippen LogP contribution in [0.1, 0.15) is 17.6 Å². The van der Waals surface area contributed by atoms with E-state index in [-0.39, 0.29) is 23.8 Å². The Morgan fingerprint density at radius 3 is 2.62 bits per heavy atom. The number of hydrogen-bond acceptors (Lipinski definition) is 5. The number of aryl methyl sites for hydroxylation is 1. The van der Waals surface area contributed by atoms with E-state index in [1.807, 2.05) is 0 Å². The highest BCUT2D eigenvalue weighted by atomic mass is 35.5. The van der Waals surface area contributed by atoms with Gasteiger partial charge in [-0.3, -0.25) is 13.9 Å². The van der Waals surface area contributed by atoms with Gasteiger partial charge in [-0.2, -0.15) is 0 Å². The van der Waals surface area contributed by atoms with Crippen molar-refractivity contribution >= 4 is 22.5 Å². The highest BCUT2D eigenvalue weighted by Crippen LogP contribution is 2.42. The van der Waals surface area contributed by atoms with Gasteiger partial charge in [-0.1, -0.05) is 12.1 Å². The minimum atomic E-state index is -0.851. The fourth-order valence-electron chi connectivity index (χ4n) is 4.41. The minimum Gasteiger partial charge on any atom is -0.446 e. The van der Waals surface area contributed by atoms with Crippen molar-refractivity contribution in [3.05, 3.63) is 79.7 Å². The minimum absolute atomic E-state index is 0.146. The lowest BCUT2D eigenvalue weighted by molar-refractivity contribution is -0.0589. The van der Waals surface area contributed by atoms with Crippen molar-refractivity contribution in [3.63, 3.8) is 0 Å². The van der Waals surface area contributed by atoms with Crippen molar-refractivity contribution in [1.29, 1.82) is 0 Å². The third kappa shape index (κ3) is 2.96. The van der Waals surface area contributed by atoms with E-state index in [1.165, 1.54) is 23.7 Å². The topological polar surface area (TPSA) is 91.5 Å². The van der Waals surface area contributed by atoms with Gasteiger partial charge in [0, 0.05) is 19.7 Å². The number of aliphatic hydroxyl groups is 1. The van der Waals surface area contributed by atoms with E-state index in [1.54, 1.807) is 35.9 Å². The molecule has 0 saturated carbocycles. The second kappa shape index (κ2) is 7.47. The summed E-state index contributed by atoms with van der Waals surface area (Å²) in [5.74, 6) is -0.110. The highest BCUT2D eigenvalue weighted by Gasteiger charge is 2.37. The summed E-state index contributed by atoms with van der Waals surface area (Å²) >= 11 is 5.99. The molecule has 1 aliphatic heterocycles. The number of aliphatic hydroxyl groups excluding tert-OH is 1. The predicted octanol–water partition coefficient (Wildman–Crippen LogP) is 2.57. The zero-order valence-corrected chi connectivity index (χ0v) is 18.0. The van der Waals surface area contributed by atoms with E-state index in [9.17, 15) is 19.1 Å². The zero-order chi connectivity index (χ0) is 22.7. The van der Waals surface area contributed by atoms with Crippen molar-refractivity contribution < 1.29 is 18.7 Å². The SMILES string of the molecule is Cn1c(=O)c2c(-c3cccc(F)c3)n3c(c2n(C)c1=O)C(c1ccc(Cl)o1)OC(CO)C3. The van der Waals surface area contributed by atoms with Crippen LogP contribution in [0.2, 0.25) is 5.22 Å². The van der Waals surface area contributed by atoms with Crippen molar-refractivity contribution in [3.8, 4) is 11.3 Å². The molecule has 0 aliphatic carbocycles. The number of hydrogen-bond donors (Lipinski definition) is 1. The lowest BCUT2D eigenvalue weighted by Gasteiger charge is -2.31. The summed E-state index contributed by atoms with van der Waals surface area (Å²) < 4.78 is 30.0. The van der Waals surface area contributed by atoms with Crippen LogP contribution in [0.25, 0.3) is 22.2 Å². The first-order chi connectivity index (χ1) is 15.3. The molecule has 4 aromatic rings. The maximum Gasteiger partial charge on any atom is 0.331 e. The van der Waals surface area contributed by atoms with Gasteiger partial charge < -0.3 is 18.8 Å². The molecule has 2 unspecified atom stereocenters. The summed E-state index contributed by atoms with van der Waals surface area (Å²) in [6.45, 7) is -0.104. The van der Waals surface area contributed by atoms with Crippen LogP contribution in [0.5, 0.6) is 0 Å². The van der Waals surface area contributed by atoms with Gasteiger partial charge in [0.05, 0.1) is 41.5 Å². The van der Waals surface area contributed by atoms with Crippen molar-refractivity contribution in [2.75, 3.05) is 6.61 Å². The Hall–Kier alpha value is -3.14. The number of halogens is 2. The highest BCUT2D eigenvalue weighted by molar-refractivity contribution is 6.28. The van der Waals surface area contributed by atoms with Crippen molar-refractivity contribution in [2.24, 2.45) is 14.1 Å². The van der Waals surface area contributed by atoms with Gasteiger partial charge in [-0.15, -0.1) is 0 Å². The standard InChI is InChI=1S/C22H19ClFN3O5/c1-25-18-16(21(29)26(2)22(25)30)17(11-4-3-5-12(24)8-11)27-9-13(10-28)31-20(19(18)27)14-6-7-15(23)32-14/h3-8,13,20,28H,9-10H2,1-2H3. The van der Waals surface area contributed by atoms with Gasteiger partial charge in [-0.05, 0) is 35.9 Å². The normalized spacial score (nSPS) is 18.3. The first-order valence-electron chi connectivity index (χ1n) is 9.91. The Morgan fingerprint density at radius 1 is 1.19 bits per heavy atom. The van der Waals surface area contributed by atoms with E-state index in [0.29, 0.717) is 28.2 Å². The van der Waals surface area contributed by atoms with Crippen molar-refractivity contribution in [1.82, 2.24) is 13.7 Å². The van der Waals surface area contributed by atoms with Gasteiger partial charge in [0.15, 0.2) is 11.3 Å². The van der Waals surface area contributed by atoms with E-state index in [0.717, 1.165) is 4.57 Å². The van der Waals surface area contributed by atoms with E-state index < -0.39 is 29.3 Å². The van der Waals surface area contributed by atoms with Gasteiger partial charge in [0.2, 0.25) is 0 Å². The molecule has 0 amide bonds. The zero-order valence-electron chi connectivity index (χ0n) is 17.2. The van der Waals surface area contributed by atoms with Crippen LogP contribution in [0, 0.1) is 5.82 Å². The predicted molar refractivity (Wildman–Crippen MR) is 115 cm³/mol. The third-order valence-electron chi connectivity index (χ3n) is 5.82. The van der Waals surface area contributed by atoms with Crippen molar-refractivity contribution in [2.45, 2.75) is 18.8 Å². The van der Waals surface area contributed by atoms with Crippen LogP contribution < -0.4 is 11.2 Å². The maximum absolute atomic E-state index is 14.2. The molecule has 5 rings (SSSR count). The van der Waals surface area contributed by atoms with Gasteiger partial charge in [-0.25, -0.2) is 9.18 Å². The Morgan fingerprint density at radius 2 is 1.97 bits per heavy atom. The summed E-state index contributed by atoms with van der Waals surface area (Å²) in [6.07, 6.45) is -1.48. The molecule has 0 spiro atoms. The monoisotopic (exact) mass is 459 g/mol. The summed E-state index contributed by atoms with van der Waals surface area (Å²) in [6, 6.07) is 9.08. The van der Waals surface area contributed by atoms with E-state index >= 15 is 0 Å². The van der Waals surface area contributed by atoms with Crippen LogP contribution in [0.15, 0.2) is 50.4 Å². The number of rotatable bonds is 3. The number of nitrogens with zero attached hydrogens (tertiary/aromatic N) is 3. The fraction of sp³-hybridized carbons (Fsp3) is 0.273. The Balaban J connectivity index is 1.97. The number of benzene rings is 1. The second-order valence-corrected chi connectivity index (χ2v) is 8.12. The van der Waals surface area contributed by atoms with Crippen LogP contribution in [-0.4, -0.2) is 31.5 Å². The molecule has 3 aromatic heterocycles. The molecular formula is C22H19ClFN3O5. The molecule has 4 heterocycles. The molecule has 0 fully saturated rings. The molecule has 32 heavy (non-hydrogen) atoms. The molecule has 0 radical (unpaired) electrons. The van der Waals surface area contributed by atoms with Crippen LogP contribution in [-0.2, 0) is 25.4 Å². The van der Waals surface area contributed by atoms with E-state index in [2.05, 4.69) is 0 Å². The Bertz CT molecular complexity index is 1480. The maximum atomic E-state index is 14.2. The van der Waals surface area contributed by atoms with Crippen LogP contribution >= 0.6 is 11.6 Å². The molecule has 0 saturated heterocycles. The quantitative estimate of drug-likeness (QED) is 0.508. The van der Waals surface area contributed by atoms with Gasteiger partial charge in [0.25, 0.3) is 5.56 Å². The van der Waals surface area contributed by atoms with Crippen LogP contribution in [0.3, 0.4) is 0 Å². The third-order valence-corrected chi connectivity index (χ3v) is 6.03. The van der Waals surface area contributed by atoms with Gasteiger partial charge in [0.1, 0.15) is 11.6 Å². The summed E-state index contributed by atoms with van der Waals surface area (Å²) in [4.78, 5) is 26.1. The molecular weight excluding hydrogens is 441 g/mol. The fourth-order valence-corrected chi connectivity index (χ4v) is 4.56. The molecule has 10 heteroatoms. The molecule has 1 aromatic carbocycles. The molecule has 166 valence electrons. The molecule has 8 nitrogen and oxygen atoms in total.